The normalized spacial score (nSPS) is 12.6. The Balaban J connectivity index is 1.64. The van der Waals surface area contributed by atoms with Crippen molar-refractivity contribution in [3.63, 3.8) is 0 Å². The van der Waals surface area contributed by atoms with Crippen LogP contribution in [0.4, 0.5) is 5.95 Å². The second-order valence-electron chi connectivity index (χ2n) is 7.31. The SMILES string of the molecule is CCC=CCCCCCCCC(=O)OCC(CO)OCn1cnc2c(=O)[nH]c(N)nc21. The lowest BCUT2D eigenvalue weighted by molar-refractivity contribution is -0.150. The van der Waals surface area contributed by atoms with E-state index in [0.717, 1.165) is 32.1 Å². The number of hydrogen-bond acceptors (Lipinski definition) is 8. The first-order valence-electron chi connectivity index (χ1n) is 10.8. The van der Waals surface area contributed by atoms with Crippen LogP contribution in [0.3, 0.4) is 0 Å². The average Bonchev–Trinajstić information content (AvgIpc) is 3.15. The molecule has 172 valence electrons. The quantitative estimate of drug-likeness (QED) is 0.219. The molecule has 0 saturated carbocycles. The van der Waals surface area contributed by atoms with Crippen LogP contribution < -0.4 is 11.3 Å². The van der Waals surface area contributed by atoms with Crippen molar-refractivity contribution < 1.29 is 19.4 Å². The molecule has 2 rings (SSSR count). The summed E-state index contributed by atoms with van der Waals surface area (Å²) in [5.74, 6) is -0.331. The highest BCUT2D eigenvalue weighted by Crippen LogP contribution is 2.10. The minimum atomic E-state index is -0.697. The zero-order valence-electron chi connectivity index (χ0n) is 18.1. The van der Waals surface area contributed by atoms with Gasteiger partial charge in [0.2, 0.25) is 5.95 Å². The van der Waals surface area contributed by atoms with Crippen molar-refractivity contribution in [2.45, 2.75) is 71.1 Å². The highest BCUT2D eigenvalue weighted by molar-refractivity contribution is 5.70. The molecular formula is C21H33N5O5. The molecule has 2 aromatic heterocycles. The van der Waals surface area contributed by atoms with Crippen LogP contribution in [0.2, 0.25) is 0 Å². The molecule has 0 spiro atoms. The number of esters is 1. The number of aliphatic hydroxyl groups excluding tert-OH is 1. The maximum atomic E-state index is 11.9. The van der Waals surface area contributed by atoms with E-state index in [-0.39, 0.29) is 43.0 Å². The van der Waals surface area contributed by atoms with Gasteiger partial charge < -0.3 is 20.3 Å². The maximum absolute atomic E-state index is 11.9. The molecule has 10 heteroatoms. The zero-order chi connectivity index (χ0) is 22.5. The van der Waals surface area contributed by atoms with Gasteiger partial charge in [-0.25, -0.2) is 4.98 Å². The smallest absolute Gasteiger partial charge is 0.305 e. The summed E-state index contributed by atoms with van der Waals surface area (Å²) in [4.78, 5) is 34.1. The Morgan fingerprint density at radius 1 is 1.29 bits per heavy atom. The van der Waals surface area contributed by atoms with Crippen molar-refractivity contribution >= 4 is 23.1 Å². The lowest BCUT2D eigenvalue weighted by Crippen LogP contribution is -2.26. The number of aromatic amines is 1. The average molecular weight is 436 g/mol. The number of imidazole rings is 1. The van der Waals surface area contributed by atoms with Crippen LogP contribution in [0.5, 0.6) is 0 Å². The Morgan fingerprint density at radius 3 is 2.84 bits per heavy atom. The molecule has 0 radical (unpaired) electrons. The van der Waals surface area contributed by atoms with Gasteiger partial charge in [0.15, 0.2) is 11.2 Å². The highest BCUT2D eigenvalue weighted by atomic mass is 16.6. The Kier molecular flexibility index (Phi) is 10.7. The number of ether oxygens (including phenoxy) is 2. The van der Waals surface area contributed by atoms with E-state index in [9.17, 15) is 14.7 Å². The molecule has 10 nitrogen and oxygen atoms in total. The number of H-pyrrole nitrogens is 1. The van der Waals surface area contributed by atoms with Gasteiger partial charge in [-0.15, -0.1) is 0 Å². The first-order valence-corrected chi connectivity index (χ1v) is 10.8. The van der Waals surface area contributed by atoms with Gasteiger partial charge in [-0.1, -0.05) is 38.3 Å². The van der Waals surface area contributed by atoms with Crippen LogP contribution in [0, 0.1) is 0 Å². The van der Waals surface area contributed by atoms with Crippen molar-refractivity contribution in [2.24, 2.45) is 0 Å². The number of carbonyl (C=O) groups is 1. The predicted molar refractivity (Wildman–Crippen MR) is 117 cm³/mol. The number of aliphatic hydroxyl groups is 1. The standard InChI is InChI=1S/C21H33N5O5/c1-2-3-4-5-6-7-8-9-10-11-17(28)30-13-16(12-27)31-15-26-14-23-18-19(26)24-21(22)25-20(18)29/h3-4,14,16,27H,2,5-13,15H2,1H3,(H3,22,24,25,29). The number of hydrogen-bond donors (Lipinski definition) is 3. The number of aromatic nitrogens is 4. The number of nitrogens with two attached hydrogens (primary N) is 1. The molecule has 4 N–H and O–H groups in total. The first-order chi connectivity index (χ1) is 15.0. The van der Waals surface area contributed by atoms with Crippen LogP contribution in [0.15, 0.2) is 23.3 Å². The van der Waals surface area contributed by atoms with E-state index >= 15 is 0 Å². The molecular weight excluding hydrogens is 402 g/mol. The van der Waals surface area contributed by atoms with Gasteiger partial charge in [0.1, 0.15) is 19.4 Å². The van der Waals surface area contributed by atoms with E-state index in [2.05, 4.69) is 34.0 Å². The largest absolute Gasteiger partial charge is 0.463 e. The fourth-order valence-electron chi connectivity index (χ4n) is 3.01. The van der Waals surface area contributed by atoms with Gasteiger partial charge in [-0.3, -0.25) is 19.1 Å². The number of nitrogens with zero attached hydrogens (tertiary/aromatic N) is 3. The maximum Gasteiger partial charge on any atom is 0.305 e. The summed E-state index contributed by atoms with van der Waals surface area (Å²) >= 11 is 0. The molecule has 0 aliphatic rings. The van der Waals surface area contributed by atoms with Crippen molar-refractivity contribution in [1.29, 1.82) is 0 Å². The molecule has 2 aromatic rings. The number of allylic oxidation sites excluding steroid dienone is 2. The molecule has 1 atom stereocenters. The molecule has 0 aliphatic carbocycles. The summed E-state index contributed by atoms with van der Waals surface area (Å²) in [6.07, 6.45) is 12.9. The van der Waals surface area contributed by atoms with E-state index in [1.165, 1.54) is 23.7 Å². The molecule has 0 fully saturated rings. The topological polar surface area (TPSA) is 145 Å². The van der Waals surface area contributed by atoms with Crippen molar-refractivity contribution in [3.05, 3.63) is 28.8 Å². The van der Waals surface area contributed by atoms with Gasteiger partial charge in [-0.05, 0) is 25.7 Å². The Labute approximate surface area is 181 Å². The third-order valence-corrected chi connectivity index (χ3v) is 4.73. The van der Waals surface area contributed by atoms with Crippen LogP contribution in [0.1, 0.15) is 58.3 Å². The summed E-state index contributed by atoms with van der Waals surface area (Å²) < 4.78 is 12.3. The first kappa shape index (κ1) is 24.5. The van der Waals surface area contributed by atoms with E-state index in [4.69, 9.17) is 15.2 Å². The van der Waals surface area contributed by atoms with Crippen LogP contribution in [-0.4, -0.2) is 49.9 Å². The summed E-state index contributed by atoms with van der Waals surface area (Å²) in [6, 6.07) is 0. The molecule has 0 aliphatic heterocycles. The minimum Gasteiger partial charge on any atom is -0.463 e. The number of fused-ring (bicyclic) bond motifs is 1. The monoisotopic (exact) mass is 435 g/mol. The number of nitrogens with one attached hydrogen (secondary N) is 1. The number of carbonyl (C=O) groups excluding carboxylic acids is 1. The van der Waals surface area contributed by atoms with E-state index in [1.54, 1.807) is 0 Å². The minimum absolute atomic E-state index is 0.0252. The van der Waals surface area contributed by atoms with Gasteiger partial charge in [0.25, 0.3) is 5.56 Å². The van der Waals surface area contributed by atoms with Gasteiger partial charge >= 0.3 is 5.97 Å². The molecule has 0 saturated heterocycles. The summed E-state index contributed by atoms with van der Waals surface area (Å²) in [7, 11) is 0. The Morgan fingerprint density at radius 2 is 2.06 bits per heavy atom. The molecule has 31 heavy (non-hydrogen) atoms. The summed E-state index contributed by atoms with van der Waals surface area (Å²) in [5.41, 5.74) is 5.53. The summed E-state index contributed by atoms with van der Waals surface area (Å²) in [5, 5.41) is 9.48. The van der Waals surface area contributed by atoms with Gasteiger partial charge in [0, 0.05) is 6.42 Å². The summed E-state index contributed by atoms with van der Waals surface area (Å²) in [6.45, 7) is 1.73. The number of rotatable bonds is 15. The fourth-order valence-corrected chi connectivity index (χ4v) is 3.01. The Bertz CT molecular complexity index is 892. The predicted octanol–water partition coefficient (Wildman–Crippen LogP) is 2.28. The van der Waals surface area contributed by atoms with Crippen LogP contribution >= 0.6 is 0 Å². The second kappa shape index (κ2) is 13.6. The van der Waals surface area contributed by atoms with Crippen molar-refractivity contribution in [3.8, 4) is 0 Å². The lowest BCUT2D eigenvalue weighted by Gasteiger charge is -2.16. The van der Waals surface area contributed by atoms with Crippen LogP contribution in [0.25, 0.3) is 11.2 Å². The zero-order valence-corrected chi connectivity index (χ0v) is 18.1. The van der Waals surface area contributed by atoms with Crippen molar-refractivity contribution in [2.75, 3.05) is 18.9 Å². The molecule has 0 aromatic carbocycles. The third-order valence-electron chi connectivity index (χ3n) is 4.73. The van der Waals surface area contributed by atoms with E-state index < -0.39 is 11.7 Å². The fraction of sp³-hybridized carbons (Fsp3) is 0.619. The molecule has 0 amide bonds. The number of anilines is 1. The Hall–Kier alpha value is -2.72. The van der Waals surface area contributed by atoms with Crippen molar-refractivity contribution in [1.82, 2.24) is 19.5 Å². The lowest BCUT2D eigenvalue weighted by atomic mass is 10.1. The van der Waals surface area contributed by atoms with Gasteiger partial charge in [0.05, 0.1) is 12.9 Å². The highest BCUT2D eigenvalue weighted by Gasteiger charge is 2.14. The molecule has 1 unspecified atom stereocenters. The number of unbranched alkanes of at least 4 members (excludes halogenated alkanes) is 5. The van der Waals surface area contributed by atoms with E-state index in [1.807, 2.05) is 0 Å². The molecule has 0 bridgehead atoms. The third kappa shape index (κ3) is 8.50. The number of nitrogen functional groups attached to an aromatic ring is 1. The van der Waals surface area contributed by atoms with E-state index in [0.29, 0.717) is 6.42 Å². The van der Waals surface area contributed by atoms with Crippen LogP contribution in [-0.2, 0) is 21.0 Å². The van der Waals surface area contributed by atoms with Gasteiger partial charge in [-0.2, -0.15) is 4.98 Å². The second-order valence-corrected chi connectivity index (χ2v) is 7.31. The molecule has 2 heterocycles.